The maximum Gasteiger partial charge on any atom is 0.270 e. The molecule has 154 valence electrons. The van der Waals surface area contributed by atoms with Gasteiger partial charge in [-0.25, -0.2) is 8.42 Å². The number of anilines is 1. The Labute approximate surface area is 173 Å². The molecule has 1 fully saturated rings. The second-order valence-corrected chi connectivity index (χ2v) is 9.21. The van der Waals surface area contributed by atoms with E-state index in [0.717, 1.165) is 17.9 Å². The van der Waals surface area contributed by atoms with Crippen LogP contribution in [0.1, 0.15) is 5.56 Å². The average Bonchev–Trinajstić information content (AvgIpc) is 2.68. The number of nitro benzene ring substituents is 1. The van der Waals surface area contributed by atoms with Crippen LogP contribution in [0.3, 0.4) is 0 Å². The van der Waals surface area contributed by atoms with Crippen LogP contribution in [-0.4, -0.2) is 56.6 Å². The van der Waals surface area contributed by atoms with Gasteiger partial charge in [-0.3, -0.25) is 14.9 Å². The SMILES string of the molecule is CS(=O)(=O)c1cc([N+](=O)[O-])ccc1N1CCN(C(=O)Cc2ccccc2Cl)CC1. The molecule has 2 aromatic rings. The molecule has 1 heterocycles. The number of non-ortho nitro benzene ring substituents is 1. The van der Waals surface area contributed by atoms with Crippen LogP contribution in [0.15, 0.2) is 47.4 Å². The van der Waals surface area contributed by atoms with Gasteiger partial charge >= 0.3 is 0 Å². The maximum atomic E-state index is 12.6. The van der Waals surface area contributed by atoms with Gasteiger partial charge in [0, 0.05) is 49.6 Å². The van der Waals surface area contributed by atoms with Gasteiger partial charge in [0.05, 0.1) is 21.9 Å². The zero-order chi connectivity index (χ0) is 21.2. The molecule has 0 aliphatic carbocycles. The van der Waals surface area contributed by atoms with E-state index in [1.165, 1.54) is 12.1 Å². The van der Waals surface area contributed by atoms with Crippen LogP contribution < -0.4 is 4.90 Å². The molecule has 2 aromatic carbocycles. The summed E-state index contributed by atoms with van der Waals surface area (Å²) in [5.74, 6) is -0.0511. The molecular weight excluding hydrogens is 418 g/mol. The number of hydrogen-bond acceptors (Lipinski definition) is 6. The number of carbonyl (C=O) groups is 1. The van der Waals surface area contributed by atoms with E-state index in [2.05, 4.69) is 0 Å². The Hall–Kier alpha value is -2.65. The summed E-state index contributed by atoms with van der Waals surface area (Å²) in [5, 5.41) is 11.5. The summed E-state index contributed by atoms with van der Waals surface area (Å²) in [6, 6.07) is 11.0. The highest BCUT2D eigenvalue weighted by Gasteiger charge is 2.26. The molecule has 1 saturated heterocycles. The summed E-state index contributed by atoms with van der Waals surface area (Å²) in [5.41, 5.74) is 0.898. The summed E-state index contributed by atoms with van der Waals surface area (Å²) in [7, 11) is -3.66. The zero-order valence-electron chi connectivity index (χ0n) is 15.7. The molecule has 0 bridgehead atoms. The van der Waals surface area contributed by atoms with E-state index >= 15 is 0 Å². The van der Waals surface area contributed by atoms with Crippen molar-refractivity contribution in [1.29, 1.82) is 0 Å². The number of benzene rings is 2. The Morgan fingerprint density at radius 3 is 2.38 bits per heavy atom. The lowest BCUT2D eigenvalue weighted by Crippen LogP contribution is -2.49. The lowest BCUT2D eigenvalue weighted by molar-refractivity contribution is -0.385. The van der Waals surface area contributed by atoms with Gasteiger partial charge in [0.1, 0.15) is 0 Å². The van der Waals surface area contributed by atoms with Gasteiger partial charge < -0.3 is 9.80 Å². The van der Waals surface area contributed by atoms with Crippen molar-refractivity contribution in [3.05, 3.63) is 63.2 Å². The number of hydrogen-bond donors (Lipinski definition) is 0. The van der Waals surface area contributed by atoms with Gasteiger partial charge in [0.2, 0.25) is 5.91 Å². The van der Waals surface area contributed by atoms with Gasteiger partial charge in [-0.05, 0) is 17.7 Å². The fraction of sp³-hybridized carbons (Fsp3) is 0.316. The van der Waals surface area contributed by atoms with E-state index in [1.807, 2.05) is 17.0 Å². The molecule has 29 heavy (non-hydrogen) atoms. The van der Waals surface area contributed by atoms with Crippen LogP contribution in [0.4, 0.5) is 11.4 Å². The van der Waals surface area contributed by atoms with E-state index in [-0.39, 0.29) is 22.9 Å². The Kier molecular flexibility index (Phi) is 6.09. The Morgan fingerprint density at radius 2 is 1.79 bits per heavy atom. The quantitative estimate of drug-likeness (QED) is 0.526. The third-order valence-electron chi connectivity index (χ3n) is 4.83. The Morgan fingerprint density at radius 1 is 1.14 bits per heavy atom. The molecule has 0 N–H and O–H groups in total. The second kappa shape index (κ2) is 8.38. The number of rotatable bonds is 5. The van der Waals surface area contributed by atoms with Crippen molar-refractivity contribution >= 4 is 38.7 Å². The molecule has 0 aromatic heterocycles. The van der Waals surface area contributed by atoms with Crippen LogP contribution >= 0.6 is 11.6 Å². The Balaban J connectivity index is 1.73. The van der Waals surface area contributed by atoms with Crippen molar-refractivity contribution in [1.82, 2.24) is 4.90 Å². The van der Waals surface area contributed by atoms with Crippen LogP contribution in [0.25, 0.3) is 0 Å². The summed E-state index contributed by atoms with van der Waals surface area (Å²) in [6.07, 6.45) is 1.23. The van der Waals surface area contributed by atoms with Crippen molar-refractivity contribution in [3.8, 4) is 0 Å². The molecular formula is C19H20ClN3O5S. The van der Waals surface area contributed by atoms with Crippen molar-refractivity contribution < 1.29 is 18.1 Å². The first-order valence-electron chi connectivity index (χ1n) is 8.91. The molecule has 0 spiro atoms. The normalized spacial score (nSPS) is 14.7. The summed E-state index contributed by atoms with van der Waals surface area (Å²) in [4.78, 5) is 26.4. The molecule has 1 aliphatic heterocycles. The minimum absolute atomic E-state index is 0.0511. The third kappa shape index (κ3) is 4.86. The number of sulfone groups is 1. The number of carbonyl (C=O) groups excluding carboxylic acids is 1. The van der Waals surface area contributed by atoms with E-state index < -0.39 is 14.8 Å². The molecule has 0 radical (unpaired) electrons. The predicted octanol–water partition coefficient (Wildman–Crippen LogP) is 2.54. The van der Waals surface area contributed by atoms with Gasteiger partial charge in [-0.2, -0.15) is 0 Å². The first-order valence-corrected chi connectivity index (χ1v) is 11.2. The largest absolute Gasteiger partial charge is 0.367 e. The fourth-order valence-electron chi connectivity index (χ4n) is 3.29. The van der Waals surface area contributed by atoms with Gasteiger partial charge in [-0.15, -0.1) is 0 Å². The maximum absolute atomic E-state index is 12.6. The zero-order valence-corrected chi connectivity index (χ0v) is 17.3. The second-order valence-electron chi connectivity index (χ2n) is 6.82. The molecule has 10 heteroatoms. The average molecular weight is 438 g/mol. The number of nitrogens with zero attached hydrogens (tertiary/aromatic N) is 3. The third-order valence-corrected chi connectivity index (χ3v) is 6.32. The van der Waals surface area contributed by atoms with Gasteiger partial charge in [-0.1, -0.05) is 29.8 Å². The lowest BCUT2D eigenvalue weighted by atomic mass is 10.1. The van der Waals surface area contributed by atoms with Crippen molar-refractivity contribution in [2.24, 2.45) is 0 Å². The molecule has 1 amide bonds. The van der Waals surface area contributed by atoms with Gasteiger partial charge in [0.25, 0.3) is 5.69 Å². The number of piperazine rings is 1. The Bertz CT molecular complexity index is 1050. The molecule has 1 aliphatic rings. The van der Waals surface area contributed by atoms with E-state index in [1.54, 1.807) is 17.0 Å². The van der Waals surface area contributed by atoms with Gasteiger partial charge in [0.15, 0.2) is 9.84 Å². The van der Waals surface area contributed by atoms with E-state index in [4.69, 9.17) is 11.6 Å². The van der Waals surface area contributed by atoms with Crippen molar-refractivity contribution in [2.75, 3.05) is 37.3 Å². The minimum Gasteiger partial charge on any atom is -0.367 e. The first-order chi connectivity index (χ1) is 13.7. The highest BCUT2D eigenvalue weighted by Crippen LogP contribution is 2.30. The van der Waals surface area contributed by atoms with Crippen molar-refractivity contribution in [3.63, 3.8) is 0 Å². The number of nitro groups is 1. The van der Waals surface area contributed by atoms with Crippen LogP contribution in [0.5, 0.6) is 0 Å². The van der Waals surface area contributed by atoms with Crippen molar-refractivity contribution in [2.45, 2.75) is 11.3 Å². The predicted molar refractivity (Wildman–Crippen MR) is 110 cm³/mol. The van der Waals surface area contributed by atoms with E-state index in [9.17, 15) is 23.3 Å². The highest BCUT2D eigenvalue weighted by molar-refractivity contribution is 7.90. The standard InChI is InChI=1S/C19H20ClN3O5S/c1-29(27,28)18-13-15(23(25)26)6-7-17(18)21-8-10-22(11-9-21)19(24)12-14-4-2-3-5-16(14)20/h2-7,13H,8-12H2,1H3. The number of halogens is 1. The molecule has 3 rings (SSSR count). The van der Waals surface area contributed by atoms with Crippen LogP contribution in [0, 0.1) is 10.1 Å². The fourth-order valence-corrected chi connectivity index (χ4v) is 4.40. The summed E-state index contributed by atoms with van der Waals surface area (Å²) >= 11 is 6.12. The highest BCUT2D eigenvalue weighted by atomic mass is 35.5. The van der Waals surface area contributed by atoms with E-state index in [0.29, 0.717) is 36.9 Å². The van der Waals surface area contributed by atoms with Crippen LogP contribution in [-0.2, 0) is 21.1 Å². The topological polar surface area (TPSA) is 101 Å². The van der Waals surface area contributed by atoms with Crippen LogP contribution in [0.2, 0.25) is 5.02 Å². The minimum atomic E-state index is -3.66. The summed E-state index contributed by atoms with van der Waals surface area (Å²) in [6.45, 7) is 1.69. The molecule has 0 atom stereocenters. The monoisotopic (exact) mass is 437 g/mol. The molecule has 8 nitrogen and oxygen atoms in total. The molecule has 0 unspecified atom stereocenters. The molecule has 0 saturated carbocycles. The first kappa shape index (κ1) is 21.1. The smallest absolute Gasteiger partial charge is 0.270 e. The lowest BCUT2D eigenvalue weighted by Gasteiger charge is -2.36. The number of amides is 1. The summed E-state index contributed by atoms with van der Waals surface area (Å²) < 4.78 is 24.3.